The standard InChI is InChI=1S/C27H28N4O3S/c1-19(2)30-17-20(22-10-6-7-11-23(22)30)16-24-26(33)31(27(34)35-24)18-25(32)29-14-12-28(13-15-29)21-8-4-3-5-9-21/h3-11,16-17,19H,12-15,18H2,1-2H3. The summed E-state index contributed by atoms with van der Waals surface area (Å²) in [4.78, 5) is 44.1. The van der Waals surface area contributed by atoms with Gasteiger partial charge in [-0.3, -0.25) is 19.3 Å². The van der Waals surface area contributed by atoms with E-state index in [2.05, 4.69) is 41.5 Å². The fourth-order valence-corrected chi connectivity index (χ4v) is 5.47. The Morgan fingerprint density at radius 3 is 2.37 bits per heavy atom. The van der Waals surface area contributed by atoms with E-state index >= 15 is 0 Å². The number of fused-ring (bicyclic) bond motifs is 1. The number of hydrogen-bond acceptors (Lipinski definition) is 5. The number of imide groups is 1. The van der Waals surface area contributed by atoms with Gasteiger partial charge in [-0.2, -0.15) is 0 Å². The lowest BCUT2D eigenvalue weighted by Gasteiger charge is -2.36. The molecule has 0 spiro atoms. The molecule has 2 fully saturated rings. The highest BCUT2D eigenvalue weighted by Crippen LogP contribution is 2.34. The highest BCUT2D eigenvalue weighted by atomic mass is 32.2. The van der Waals surface area contributed by atoms with Gasteiger partial charge in [0, 0.05) is 60.6 Å². The van der Waals surface area contributed by atoms with Crippen molar-refractivity contribution in [2.45, 2.75) is 19.9 Å². The normalized spacial score (nSPS) is 17.9. The van der Waals surface area contributed by atoms with Crippen molar-refractivity contribution in [3.05, 3.63) is 71.3 Å². The number of piperazine rings is 1. The van der Waals surface area contributed by atoms with Crippen LogP contribution in [0, 0.1) is 0 Å². The Morgan fingerprint density at radius 2 is 1.66 bits per heavy atom. The zero-order valence-corrected chi connectivity index (χ0v) is 20.7. The number of thioether (sulfide) groups is 1. The number of aromatic nitrogens is 1. The third kappa shape index (κ3) is 4.58. The van der Waals surface area contributed by atoms with Gasteiger partial charge in [-0.05, 0) is 49.9 Å². The van der Waals surface area contributed by atoms with E-state index in [-0.39, 0.29) is 18.5 Å². The Balaban J connectivity index is 1.27. The van der Waals surface area contributed by atoms with E-state index in [1.165, 1.54) is 0 Å². The molecule has 2 aromatic carbocycles. The predicted octanol–water partition coefficient (Wildman–Crippen LogP) is 4.61. The second-order valence-corrected chi connectivity index (χ2v) is 10.1. The maximum atomic E-state index is 13.1. The Kier molecular flexibility index (Phi) is 6.38. The number of anilines is 1. The molecule has 1 aromatic heterocycles. The highest BCUT2D eigenvalue weighted by molar-refractivity contribution is 8.18. The minimum absolute atomic E-state index is 0.197. The minimum atomic E-state index is -0.405. The van der Waals surface area contributed by atoms with E-state index in [1.54, 1.807) is 11.0 Å². The summed E-state index contributed by atoms with van der Waals surface area (Å²) in [6, 6.07) is 18.4. The van der Waals surface area contributed by atoms with Crippen LogP contribution in [0.2, 0.25) is 0 Å². The zero-order valence-electron chi connectivity index (χ0n) is 19.9. The van der Waals surface area contributed by atoms with E-state index in [0.29, 0.717) is 18.0 Å². The van der Waals surface area contributed by atoms with Crippen LogP contribution in [0.1, 0.15) is 25.5 Å². The van der Waals surface area contributed by atoms with Crippen molar-refractivity contribution in [3.63, 3.8) is 0 Å². The lowest BCUT2D eigenvalue weighted by atomic mass is 10.1. The zero-order chi connectivity index (χ0) is 24.5. The van der Waals surface area contributed by atoms with Gasteiger partial charge in [0.05, 0.1) is 4.91 Å². The lowest BCUT2D eigenvalue weighted by molar-refractivity contribution is -0.136. The predicted molar refractivity (Wildman–Crippen MR) is 140 cm³/mol. The SMILES string of the molecule is CC(C)n1cc(C=C2SC(=O)N(CC(=O)N3CCN(c4ccccc4)CC3)C2=O)c2ccccc21. The fraction of sp³-hybridized carbons (Fsp3) is 0.296. The number of nitrogens with zero attached hydrogens (tertiary/aromatic N) is 4. The molecule has 3 amide bonds. The molecule has 0 radical (unpaired) electrons. The quantitative estimate of drug-likeness (QED) is 0.491. The minimum Gasteiger partial charge on any atom is -0.368 e. The number of amides is 3. The van der Waals surface area contributed by atoms with E-state index in [0.717, 1.165) is 51.9 Å². The molecular formula is C27H28N4O3S. The molecule has 8 heteroatoms. The van der Waals surface area contributed by atoms with Crippen molar-refractivity contribution in [1.82, 2.24) is 14.4 Å². The molecule has 3 aromatic rings. The number of rotatable bonds is 5. The monoisotopic (exact) mass is 488 g/mol. The molecular weight excluding hydrogens is 460 g/mol. The molecule has 0 saturated carbocycles. The number of carbonyl (C=O) groups is 3. The van der Waals surface area contributed by atoms with E-state index < -0.39 is 11.1 Å². The molecule has 0 atom stereocenters. The van der Waals surface area contributed by atoms with Crippen LogP contribution >= 0.6 is 11.8 Å². The maximum Gasteiger partial charge on any atom is 0.294 e. The van der Waals surface area contributed by atoms with E-state index in [9.17, 15) is 14.4 Å². The van der Waals surface area contributed by atoms with Gasteiger partial charge in [-0.1, -0.05) is 36.4 Å². The largest absolute Gasteiger partial charge is 0.368 e. The first-order valence-electron chi connectivity index (χ1n) is 11.8. The second kappa shape index (κ2) is 9.62. The van der Waals surface area contributed by atoms with Crippen molar-refractivity contribution in [1.29, 1.82) is 0 Å². The maximum absolute atomic E-state index is 13.1. The van der Waals surface area contributed by atoms with Gasteiger partial charge in [0.1, 0.15) is 6.54 Å². The molecule has 3 heterocycles. The van der Waals surface area contributed by atoms with Crippen LogP contribution in [0.4, 0.5) is 10.5 Å². The van der Waals surface area contributed by atoms with Crippen LogP contribution in [0.3, 0.4) is 0 Å². The molecule has 5 rings (SSSR count). The van der Waals surface area contributed by atoms with Gasteiger partial charge in [0.15, 0.2) is 0 Å². The molecule has 0 unspecified atom stereocenters. The van der Waals surface area contributed by atoms with Crippen LogP contribution in [0.25, 0.3) is 17.0 Å². The van der Waals surface area contributed by atoms with Crippen molar-refractivity contribution in [2.24, 2.45) is 0 Å². The number of hydrogen-bond donors (Lipinski definition) is 0. The third-order valence-electron chi connectivity index (χ3n) is 6.54. The topological polar surface area (TPSA) is 65.9 Å². The van der Waals surface area contributed by atoms with Gasteiger partial charge in [0.25, 0.3) is 11.1 Å². The van der Waals surface area contributed by atoms with Crippen molar-refractivity contribution in [3.8, 4) is 0 Å². The summed E-state index contributed by atoms with van der Waals surface area (Å²) in [7, 11) is 0. The van der Waals surface area contributed by atoms with Gasteiger partial charge in [-0.25, -0.2) is 0 Å². The van der Waals surface area contributed by atoms with E-state index in [1.807, 2.05) is 42.6 Å². The molecule has 0 aliphatic carbocycles. The summed E-state index contributed by atoms with van der Waals surface area (Å²) in [6.07, 6.45) is 3.79. The van der Waals surface area contributed by atoms with Crippen molar-refractivity contribution < 1.29 is 14.4 Å². The average molecular weight is 489 g/mol. The van der Waals surface area contributed by atoms with Crippen molar-refractivity contribution in [2.75, 3.05) is 37.6 Å². The van der Waals surface area contributed by atoms with E-state index in [4.69, 9.17) is 0 Å². The first-order chi connectivity index (χ1) is 16.9. The summed E-state index contributed by atoms with van der Waals surface area (Å²) in [5.74, 6) is -0.602. The molecule has 35 heavy (non-hydrogen) atoms. The average Bonchev–Trinajstić information content (AvgIpc) is 3.37. The molecule has 180 valence electrons. The molecule has 0 N–H and O–H groups in total. The van der Waals surface area contributed by atoms with Crippen LogP contribution in [0.5, 0.6) is 0 Å². The molecule has 0 bridgehead atoms. The summed E-state index contributed by atoms with van der Waals surface area (Å²) in [5.41, 5.74) is 3.11. The van der Waals surface area contributed by atoms with Crippen LogP contribution < -0.4 is 4.90 Å². The summed E-state index contributed by atoms with van der Waals surface area (Å²) in [5, 5.41) is 0.630. The number of carbonyl (C=O) groups excluding carboxylic acids is 3. The summed E-state index contributed by atoms with van der Waals surface area (Å²) in [6.45, 7) is 6.56. The third-order valence-corrected chi connectivity index (χ3v) is 7.44. The molecule has 2 aliphatic heterocycles. The Bertz CT molecular complexity index is 1310. The van der Waals surface area contributed by atoms with Gasteiger partial charge >= 0.3 is 0 Å². The number of para-hydroxylation sites is 2. The Morgan fingerprint density at radius 1 is 0.971 bits per heavy atom. The van der Waals surface area contributed by atoms with Crippen LogP contribution in [-0.4, -0.2) is 64.1 Å². The summed E-state index contributed by atoms with van der Waals surface area (Å²) < 4.78 is 2.16. The Hall–Kier alpha value is -3.52. The van der Waals surface area contributed by atoms with Crippen LogP contribution in [-0.2, 0) is 9.59 Å². The number of benzene rings is 2. The second-order valence-electron chi connectivity index (χ2n) is 9.07. The smallest absolute Gasteiger partial charge is 0.294 e. The van der Waals surface area contributed by atoms with Crippen molar-refractivity contribution >= 4 is 51.5 Å². The molecule has 2 saturated heterocycles. The van der Waals surface area contributed by atoms with Gasteiger partial charge in [-0.15, -0.1) is 0 Å². The van der Waals surface area contributed by atoms with Crippen LogP contribution in [0.15, 0.2) is 65.7 Å². The molecule has 2 aliphatic rings. The first-order valence-corrected chi connectivity index (χ1v) is 12.7. The summed E-state index contributed by atoms with van der Waals surface area (Å²) >= 11 is 0.899. The fourth-order valence-electron chi connectivity index (χ4n) is 4.64. The van der Waals surface area contributed by atoms with Gasteiger partial charge < -0.3 is 14.4 Å². The molecule has 7 nitrogen and oxygen atoms in total. The lowest BCUT2D eigenvalue weighted by Crippen LogP contribution is -2.51. The van der Waals surface area contributed by atoms with Gasteiger partial charge in [0.2, 0.25) is 5.91 Å². The highest BCUT2D eigenvalue weighted by Gasteiger charge is 2.37. The first kappa shape index (κ1) is 23.2. The Labute approximate surface area is 209 Å².